The Balaban J connectivity index is 2.64. The topological polar surface area (TPSA) is 22.0 Å². The average molecular weight is 281 g/mol. The molecule has 1 aromatic heterocycles. The Bertz CT molecular complexity index is 561. The lowest BCUT2D eigenvalue weighted by molar-refractivity contribution is 1.13. The van der Waals surface area contributed by atoms with Gasteiger partial charge in [0.25, 0.3) is 5.56 Å². The van der Waals surface area contributed by atoms with E-state index in [1.54, 1.807) is 24.3 Å². The maximum atomic E-state index is 11.6. The van der Waals surface area contributed by atoms with E-state index in [1.165, 1.54) is 3.96 Å². The number of rotatable bonds is 1. The summed E-state index contributed by atoms with van der Waals surface area (Å²) in [7, 11) is 0. The van der Waals surface area contributed by atoms with Crippen LogP contribution in [-0.2, 0) is 0 Å². The number of halogens is 3. The van der Waals surface area contributed by atoms with Crippen LogP contribution in [-0.4, -0.2) is 3.96 Å². The van der Waals surface area contributed by atoms with Crippen molar-refractivity contribution in [1.82, 2.24) is 3.96 Å². The minimum Gasteiger partial charge on any atom is -0.266 e. The molecule has 0 N–H and O–H groups in total. The van der Waals surface area contributed by atoms with E-state index in [2.05, 4.69) is 0 Å². The van der Waals surface area contributed by atoms with Crippen molar-refractivity contribution < 1.29 is 0 Å². The minimum absolute atomic E-state index is 0.0432. The summed E-state index contributed by atoms with van der Waals surface area (Å²) in [6.45, 7) is 0. The van der Waals surface area contributed by atoms with Crippen molar-refractivity contribution in [3.63, 3.8) is 0 Å². The van der Waals surface area contributed by atoms with Crippen LogP contribution in [0, 0.1) is 0 Å². The fourth-order valence-corrected chi connectivity index (χ4v) is 2.54. The molecule has 1 aromatic carbocycles. The first-order chi connectivity index (χ1) is 7.09. The number of aromatic nitrogens is 1. The van der Waals surface area contributed by atoms with Gasteiger partial charge in [-0.25, -0.2) is 3.96 Å². The van der Waals surface area contributed by atoms with Crippen LogP contribution in [0.5, 0.6) is 0 Å². The summed E-state index contributed by atoms with van der Waals surface area (Å²) in [6, 6.07) is 6.92. The molecule has 2 rings (SSSR count). The highest BCUT2D eigenvalue weighted by Crippen LogP contribution is 2.26. The molecule has 0 aliphatic rings. The van der Waals surface area contributed by atoms with Crippen LogP contribution in [0.4, 0.5) is 0 Å². The predicted molar refractivity (Wildman–Crippen MR) is 64.9 cm³/mol. The van der Waals surface area contributed by atoms with Crippen LogP contribution < -0.4 is 5.56 Å². The molecular formula is C9H4Cl3NOS. The van der Waals surface area contributed by atoms with Crippen molar-refractivity contribution >= 4 is 46.3 Å². The number of nitrogens with zero attached hydrogens (tertiary/aromatic N) is 1. The second-order valence-corrected chi connectivity index (χ2v) is 5.13. The van der Waals surface area contributed by atoms with Crippen LogP contribution in [0.1, 0.15) is 0 Å². The quantitative estimate of drug-likeness (QED) is 0.777. The van der Waals surface area contributed by atoms with Gasteiger partial charge >= 0.3 is 0 Å². The normalized spacial score (nSPS) is 10.6. The average Bonchev–Trinajstić information content (AvgIpc) is 2.46. The lowest BCUT2D eigenvalue weighted by Gasteiger charge is -1.99. The zero-order valence-electron chi connectivity index (χ0n) is 7.21. The monoisotopic (exact) mass is 279 g/mol. The second-order valence-electron chi connectivity index (χ2n) is 2.76. The van der Waals surface area contributed by atoms with Crippen molar-refractivity contribution in [2.45, 2.75) is 0 Å². The van der Waals surface area contributed by atoms with Gasteiger partial charge in [0.2, 0.25) is 0 Å². The van der Waals surface area contributed by atoms with Crippen molar-refractivity contribution in [1.29, 1.82) is 0 Å². The SMILES string of the molecule is O=c1c(Cl)c(Cl)sn1-c1cccc(Cl)c1. The van der Waals surface area contributed by atoms with Gasteiger partial charge in [0.15, 0.2) is 0 Å². The largest absolute Gasteiger partial charge is 0.285 e. The van der Waals surface area contributed by atoms with E-state index < -0.39 is 0 Å². The summed E-state index contributed by atoms with van der Waals surface area (Å²) in [4.78, 5) is 11.6. The molecular weight excluding hydrogens is 277 g/mol. The molecule has 0 fully saturated rings. The summed E-state index contributed by atoms with van der Waals surface area (Å²) < 4.78 is 1.68. The second kappa shape index (κ2) is 4.18. The Labute approximate surface area is 105 Å². The van der Waals surface area contributed by atoms with Gasteiger partial charge in [0, 0.05) is 5.02 Å². The van der Waals surface area contributed by atoms with Crippen LogP contribution in [0.25, 0.3) is 5.69 Å². The van der Waals surface area contributed by atoms with Crippen molar-refractivity contribution in [2.24, 2.45) is 0 Å². The molecule has 1 heterocycles. The Morgan fingerprint density at radius 3 is 2.47 bits per heavy atom. The van der Waals surface area contributed by atoms with E-state index in [4.69, 9.17) is 34.8 Å². The van der Waals surface area contributed by atoms with Gasteiger partial charge in [-0.2, -0.15) is 0 Å². The molecule has 0 radical (unpaired) electrons. The number of hydrogen-bond donors (Lipinski definition) is 0. The molecule has 0 bridgehead atoms. The van der Waals surface area contributed by atoms with E-state index in [-0.39, 0.29) is 14.9 Å². The van der Waals surface area contributed by atoms with E-state index in [0.29, 0.717) is 10.7 Å². The summed E-state index contributed by atoms with van der Waals surface area (Å²) in [5.41, 5.74) is 0.334. The molecule has 2 aromatic rings. The number of hydrogen-bond acceptors (Lipinski definition) is 2. The maximum absolute atomic E-state index is 11.6. The van der Waals surface area contributed by atoms with Crippen LogP contribution in [0.15, 0.2) is 29.1 Å². The molecule has 0 unspecified atom stereocenters. The molecule has 0 saturated carbocycles. The van der Waals surface area contributed by atoms with Crippen molar-refractivity contribution in [3.05, 3.63) is 49.0 Å². The smallest absolute Gasteiger partial charge is 0.266 e. The molecule has 0 saturated heterocycles. The molecule has 0 aliphatic carbocycles. The van der Waals surface area contributed by atoms with Crippen molar-refractivity contribution in [3.8, 4) is 5.69 Å². The lowest BCUT2D eigenvalue weighted by Crippen LogP contribution is -2.10. The summed E-state index contributed by atoms with van der Waals surface area (Å²) >= 11 is 18.4. The fourth-order valence-electron chi connectivity index (χ4n) is 1.11. The Hall–Kier alpha value is -0.480. The minimum atomic E-state index is -0.325. The van der Waals surface area contributed by atoms with Gasteiger partial charge in [0.05, 0.1) is 5.69 Å². The highest BCUT2D eigenvalue weighted by atomic mass is 35.5. The van der Waals surface area contributed by atoms with Crippen molar-refractivity contribution in [2.75, 3.05) is 0 Å². The standard InChI is InChI=1S/C9H4Cl3NOS/c10-5-2-1-3-6(4-5)13-9(14)7(11)8(12)15-13/h1-4H. The van der Waals surface area contributed by atoms with Gasteiger partial charge in [-0.3, -0.25) is 4.79 Å². The molecule has 6 heteroatoms. The highest BCUT2D eigenvalue weighted by Gasteiger charge is 2.12. The molecule has 0 amide bonds. The maximum Gasteiger partial charge on any atom is 0.285 e. The van der Waals surface area contributed by atoms with E-state index in [9.17, 15) is 4.79 Å². The zero-order chi connectivity index (χ0) is 11.0. The van der Waals surface area contributed by atoms with Crippen LogP contribution in [0.2, 0.25) is 14.4 Å². The first-order valence-electron chi connectivity index (χ1n) is 3.93. The fraction of sp³-hybridized carbons (Fsp3) is 0. The summed E-state index contributed by atoms with van der Waals surface area (Å²) in [6.07, 6.45) is 0. The van der Waals surface area contributed by atoms with Gasteiger partial charge in [-0.15, -0.1) is 0 Å². The van der Waals surface area contributed by atoms with Crippen LogP contribution in [0.3, 0.4) is 0 Å². The first-order valence-corrected chi connectivity index (χ1v) is 5.83. The predicted octanol–water partition coefficient (Wildman–Crippen LogP) is 3.86. The third-order valence-corrected chi connectivity index (χ3v) is 3.87. The van der Waals surface area contributed by atoms with E-state index in [0.717, 1.165) is 11.5 Å². The van der Waals surface area contributed by atoms with Gasteiger partial charge in [0.1, 0.15) is 9.36 Å². The summed E-state index contributed by atoms with van der Waals surface area (Å²) in [5, 5.41) is 0.599. The highest BCUT2D eigenvalue weighted by molar-refractivity contribution is 7.12. The molecule has 2 nitrogen and oxygen atoms in total. The zero-order valence-corrected chi connectivity index (χ0v) is 10.3. The number of benzene rings is 1. The molecule has 0 atom stereocenters. The van der Waals surface area contributed by atoms with Gasteiger partial charge < -0.3 is 0 Å². The van der Waals surface area contributed by atoms with Gasteiger partial charge in [-0.1, -0.05) is 40.9 Å². The molecule has 15 heavy (non-hydrogen) atoms. The first kappa shape index (κ1) is 11.0. The third-order valence-electron chi connectivity index (χ3n) is 1.76. The molecule has 0 spiro atoms. The molecule has 0 aliphatic heterocycles. The molecule has 78 valence electrons. The lowest BCUT2D eigenvalue weighted by atomic mass is 10.3. The van der Waals surface area contributed by atoms with E-state index >= 15 is 0 Å². The Morgan fingerprint density at radius 2 is 1.93 bits per heavy atom. The third kappa shape index (κ3) is 2.06. The van der Waals surface area contributed by atoms with E-state index in [1.807, 2.05) is 0 Å². The van der Waals surface area contributed by atoms with Gasteiger partial charge in [-0.05, 0) is 29.7 Å². The van der Waals surface area contributed by atoms with Crippen LogP contribution >= 0.6 is 46.3 Å². The Kier molecular flexibility index (Phi) is 3.07. The Morgan fingerprint density at radius 1 is 1.20 bits per heavy atom. The summed E-state index contributed by atoms with van der Waals surface area (Å²) in [5.74, 6) is 0.